The van der Waals surface area contributed by atoms with Crippen molar-refractivity contribution in [1.29, 1.82) is 0 Å². The third-order valence-electron chi connectivity index (χ3n) is 4.58. The van der Waals surface area contributed by atoms with E-state index < -0.39 is 0 Å². The molecule has 2 aromatic rings. The molecule has 0 saturated heterocycles. The quantitative estimate of drug-likeness (QED) is 0.853. The highest BCUT2D eigenvalue weighted by molar-refractivity contribution is 5.38. The fourth-order valence-electron chi connectivity index (χ4n) is 3.40. The lowest BCUT2D eigenvalue weighted by molar-refractivity contribution is 0.252. The molecule has 1 N–H and O–H groups in total. The Morgan fingerprint density at radius 3 is 2.48 bits per heavy atom. The first-order valence-electron chi connectivity index (χ1n) is 7.57. The van der Waals surface area contributed by atoms with Gasteiger partial charge in [-0.05, 0) is 47.6 Å². The van der Waals surface area contributed by atoms with Crippen LogP contribution in [0.25, 0.3) is 0 Å². The van der Waals surface area contributed by atoms with Gasteiger partial charge in [-0.3, -0.25) is 0 Å². The van der Waals surface area contributed by atoms with Crippen LogP contribution < -0.4 is 5.32 Å². The van der Waals surface area contributed by atoms with Gasteiger partial charge < -0.3 is 5.32 Å². The highest BCUT2D eigenvalue weighted by Crippen LogP contribution is 2.45. The van der Waals surface area contributed by atoms with E-state index in [0.29, 0.717) is 6.04 Å². The van der Waals surface area contributed by atoms with Gasteiger partial charge in [0, 0.05) is 12.1 Å². The summed E-state index contributed by atoms with van der Waals surface area (Å²) in [5, 5.41) is 3.74. The molecular formula is C19H22FN. The van der Waals surface area contributed by atoms with Gasteiger partial charge in [0.1, 0.15) is 5.82 Å². The smallest absolute Gasteiger partial charge is 0.123 e. The predicted molar refractivity (Wildman–Crippen MR) is 84.6 cm³/mol. The Balaban J connectivity index is 1.85. The molecule has 1 unspecified atom stereocenters. The lowest BCUT2D eigenvalue weighted by Gasteiger charge is -2.31. The van der Waals surface area contributed by atoms with E-state index in [1.54, 1.807) is 0 Å². The summed E-state index contributed by atoms with van der Waals surface area (Å²) in [6.45, 7) is 6.76. The van der Waals surface area contributed by atoms with Gasteiger partial charge in [-0.15, -0.1) is 0 Å². The van der Waals surface area contributed by atoms with E-state index in [0.717, 1.165) is 12.0 Å². The molecule has 0 aliphatic heterocycles. The van der Waals surface area contributed by atoms with Crippen LogP contribution in [0.15, 0.2) is 48.5 Å². The van der Waals surface area contributed by atoms with Crippen LogP contribution in [0.2, 0.25) is 0 Å². The minimum atomic E-state index is -0.183. The van der Waals surface area contributed by atoms with Gasteiger partial charge in [0.25, 0.3) is 0 Å². The summed E-state index contributed by atoms with van der Waals surface area (Å²) in [7, 11) is 0. The molecule has 0 radical (unpaired) electrons. The van der Waals surface area contributed by atoms with Crippen molar-refractivity contribution < 1.29 is 4.39 Å². The van der Waals surface area contributed by atoms with E-state index in [2.05, 4.69) is 50.4 Å². The first-order chi connectivity index (χ1) is 9.97. The Morgan fingerprint density at radius 1 is 1.10 bits per heavy atom. The molecule has 0 saturated carbocycles. The van der Waals surface area contributed by atoms with Crippen molar-refractivity contribution in [3.05, 3.63) is 71.0 Å². The number of hydrogen-bond donors (Lipinski definition) is 1. The van der Waals surface area contributed by atoms with Gasteiger partial charge in [0.15, 0.2) is 0 Å². The molecular weight excluding hydrogens is 261 g/mol. The molecule has 1 nitrogen and oxygen atoms in total. The van der Waals surface area contributed by atoms with Gasteiger partial charge in [0.05, 0.1) is 0 Å². The SMILES string of the molecule is C[C@H](NC1c2ccccc2CC1(C)C)c1ccc(F)cc1. The lowest BCUT2D eigenvalue weighted by Crippen LogP contribution is -2.33. The molecule has 110 valence electrons. The standard InChI is InChI=1S/C19H22FN/c1-13(14-8-10-16(20)11-9-14)21-18-17-7-5-4-6-15(17)12-19(18,2)3/h4-11,13,18,21H,12H2,1-3H3/t13-,18?/m0/s1. The van der Waals surface area contributed by atoms with Crippen molar-refractivity contribution in [2.45, 2.75) is 39.3 Å². The van der Waals surface area contributed by atoms with Crippen LogP contribution in [-0.4, -0.2) is 0 Å². The largest absolute Gasteiger partial charge is 0.303 e. The maximum Gasteiger partial charge on any atom is 0.123 e. The summed E-state index contributed by atoms with van der Waals surface area (Å²) in [5.41, 5.74) is 4.15. The zero-order valence-electron chi connectivity index (χ0n) is 12.9. The topological polar surface area (TPSA) is 12.0 Å². The normalized spacial score (nSPS) is 21.0. The highest BCUT2D eigenvalue weighted by Gasteiger charge is 2.39. The maximum absolute atomic E-state index is 13.1. The van der Waals surface area contributed by atoms with Crippen LogP contribution in [0.4, 0.5) is 4.39 Å². The summed E-state index contributed by atoms with van der Waals surface area (Å²) in [4.78, 5) is 0. The van der Waals surface area contributed by atoms with Crippen molar-refractivity contribution in [2.24, 2.45) is 5.41 Å². The molecule has 1 aliphatic carbocycles. The molecule has 2 aromatic carbocycles. The van der Waals surface area contributed by atoms with Gasteiger partial charge in [0.2, 0.25) is 0 Å². The summed E-state index contributed by atoms with van der Waals surface area (Å²) in [5.74, 6) is -0.183. The van der Waals surface area contributed by atoms with Crippen LogP contribution >= 0.6 is 0 Å². The first kappa shape index (κ1) is 14.3. The molecule has 21 heavy (non-hydrogen) atoms. The maximum atomic E-state index is 13.1. The van der Waals surface area contributed by atoms with E-state index >= 15 is 0 Å². The number of nitrogens with one attached hydrogen (secondary N) is 1. The number of rotatable bonds is 3. The third-order valence-corrected chi connectivity index (χ3v) is 4.58. The molecule has 0 spiro atoms. The molecule has 0 amide bonds. The van der Waals surface area contributed by atoms with E-state index in [-0.39, 0.29) is 17.3 Å². The molecule has 0 heterocycles. The molecule has 2 atom stereocenters. The minimum absolute atomic E-state index is 0.183. The molecule has 0 bridgehead atoms. The number of fused-ring (bicyclic) bond motifs is 1. The fourth-order valence-corrected chi connectivity index (χ4v) is 3.40. The van der Waals surface area contributed by atoms with E-state index in [1.807, 2.05) is 12.1 Å². The van der Waals surface area contributed by atoms with E-state index in [1.165, 1.54) is 23.3 Å². The number of halogens is 1. The Labute approximate surface area is 126 Å². The van der Waals surface area contributed by atoms with Crippen molar-refractivity contribution in [3.8, 4) is 0 Å². The van der Waals surface area contributed by atoms with Gasteiger partial charge >= 0.3 is 0 Å². The van der Waals surface area contributed by atoms with Crippen LogP contribution in [0, 0.1) is 11.2 Å². The van der Waals surface area contributed by atoms with Crippen LogP contribution in [0.5, 0.6) is 0 Å². The number of benzene rings is 2. The summed E-state index contributed by atoms with van der Waals surface area (Å²) in [6.07, 6.45) is 1.09. The molecule has 0 fully saturated rings. The summed E-state index contributed by atoms with van der Waals surface area (Å²) in [6, 6.07) is 16.0. The third kappa shape index (κ3) is 2.73. The average molecular weight is 283 g/mol. The molecule has 0 aromatic heterocycles. The van der Waals surface area contributed by atoms with Crippen molar-refractivity contribution in [1.82, 2.24) is 5.32 Å². The monoisotopic (exact) mass is 283 g/mol. The second-order valence-electron chi connectivity index (χ2n) is 6.74. The second-order valence-corrected chi connectivity index (χ2v) is 6.74. The van der Waals surface area contributed by atoms with Gasteiger partial charge in [-0.1, -0.05) is 50.2 Å². The summed E-state index contributed by atoms with van der Waals surface area (Å²) < 4.78 is 13.1. The zero-order valence-corrected chi connectivity index (χ0v) is 12.9. The van der Waals surface area contributed by atoms with Crippen LogP contribution in [0.1, 0.15) is 49.5 Å². The highest BCUT2D eigenvalue weighted by atomic mass is 19.1. The molecule has 3 rings (SSSR count). The average Bonchev–Trinajstić information content (AvgIpc) is 2.70. The molecule has 2 heteroatoms. The second kappa shape index (κ2) is 5.27. The van der Waals surface area contributed by atoms with E-state index in [9.17, 15) is 4.39 Å². The zero-order chi connectivity index (χ0) is 15.0. The van der Waals surface area contributed by atoms with Crippen molar-refractivity contribution in [2.75, 3.05) is 0 Å². The fraction of sp³-hybridized carbons (Fsp3) is 0.368. The van der Waals surface area contributed by atoms with Crippen LogP contribution in [-0.2, 0) is 6.42 Å². The van der Waals surface area contributed by atoms with Crippen molar-refractivity contribution >= 4 is 0 Å². The Morgan fingerprint density at radius 2 is 1.76 bits per heavy atom. The predicted octanol–water partition coefficient (Wildman–Crippen LogP) is 4.80. The molecule has 1 aliphatic rings. The van der Waals surface area contributed by atoms with Gasteiger partial charge in [-0.25, -0.2) is 4.39 Å². The minimum Gasteiger partial charge on any atom is -0.303 e. The Kier molecular flexibility index (Phi) is 3.58. The van der Waals surface area contributed by atoms with Crippen molar-refractivity contribution in [3.63, 3.8) is 0 Å². The Bertz CT molecular complexity index is 630. The van der Waals surface area contributed by atoms with Crippen LogP contribution in [0.3, 0.4) is 0 Å². The van der Waals surface area contributed by atoms with Gasteiger partial charge in [-0.2, -0.15) is 0 Å². The first-order valence-corrected chi connectivity index (χ1v) is 7.57. The summed E-state index contributed by atoms with van der Waals surface area (Å²) >= 11 is 0. The number of hydrogen-bond acceptors (Lipinski definition) is 1. The lowest BCUT2D eigenvalue weighted by atomic mass is 9.84. The van der Waals surface area contributed by atoms with E-state index in [4.69, 9.17) is 0 Å². The Hall–Kier alpha value is -1.67.